The largest absolute Gasteiger partial charge is 0.439 e. The molecule has 0 unspecified atom stereocenters. The summed E-state index contributed by atoms with van der Waals surface area (Å²) in [5.74, 6) is 1.32. The molecule has 0 aliphatic heterocycles. The molecule has 0 aliphatic rings. The van der Waals surface area contributed by atoms with E-state index in [4.69, 9.17) is 16.3 Å². The van der Waals surface area contributed by atoms with E-state index in [9.17, 15) is 0 Å². The summed E-state index contributed by atoms with van der Waals surface area (Å²) >= 11 is 5.78. The van der Waals surface area contributed by atoms with Gasteiger partial charge in [-0.1, -0.05) is 35.4 Å². The summed E-state index contributed by atoms with van der Waals surface area (Å²) in [5, 5.41) is 0.433. The molecule has 0 saturated carbocycles. The van der Waals surface area contributed by atoms with Gasteiger partial charge in [-0.15, -0.1) is 0 Å². The second-order valence-corrected chi connectivity index (χ2v) is 4.06. The molecule has 0 radical (unpaired) electrons. The Morgan fingerprint density at radius 3 is 2.62 bits per heavy atom. The van der Waals surface area contributed by atoms with Crippen LogP contribution in [0.4, 0.5) is 0 Å². The van der Waals surface area contributed by atoms with Crippen LogP contribution < -0.4 is 4.74 Å². The molecule has 16 heavy (non-hydrogen) atoms. The first-order valence-electron chi connectivity index (χ1n) is 5.03. The van der Waals surface area contributed by atoms with Gasteiger partial charge in [-0.05, 0) is 31.5 Å². The van der Waals surface area contributed by atoms with E-state index < -0.39 is 0 Å². The molecule has 1 aromatic heterocycles. The fraction of sp³-hybridized carbons (Fsp3) is 0.154. The van der Waals surface area contributed by atoms with Crippen molar-refractivity contribution >= 4 is 11.6 Å². The van der Waals surface area contributed by atoms with Gasteiger partial charge >= 0.3 is 0 Å². The third-order valence-electron chi connectivity index (χ3n) is 2.23. The van der Waals surface area contributed by atoms with Crippen molar-refractivity contribution in [3.05, 3.63) is 52.7 Å². The Morgan fingerprint density at radius 2 is 1.94 bits per heavy atom. The van der Waals surface area contributed by atoms with Crippen molar-refractivity contribution in [2.45, 2.75) is 13.8 Å². The van der Waals surface area contributed by atoms with Gasteiger partial charge in [0.25, 0.3) is 0 Å². The van der Waals surface area contributed by atoms with E-state index >= 15 is 0 Å². The second-order valence-electron chi connectivity index (χ2n) is 3.67. The highest BCUT2D eigenvalue weighted by molar-refractivity contribution is 6.29. The van der Waals surface area contributed by atoms with Gasteiger partial charge in [0.05, 0.1) is 0 Å². The molecule has 1 heterocycles. The number of nitrogens with zero attached hydrogens (tertiary/aromatic N) is 1. The fourth-order valence-corrected chi connectivity index (χ4v) is 1.63. The Bertz CT molecular complexity index is 511. The molecule has 0 amide bonds. The van der Waals surface area contributed by atoms with Crippen LogP contribution in [0.25, 0.3) is 0 Å². The van der Waals surface area contributed by atoms with Crippen molar-refractivity contribution < 1.29 is 4.74 Å². The summed E-state index contributed by atoms with van der Waals surface area (Å²) in [7, 11) is 0. The number of hydrogen-bond donors (Lipinski definition) is 0. The summed E-state index contributed by atoms with van der Waals surface area (Å²) in [6, 6.07) is 11.3. The SMILES string of the molecule is Cc1ccc(Oc2cccc(Cl)n2)c(C)c1. The third kappa shape index (κ3) is 2.52. The van der Waals surface area contributed by atoms with Crippen molar-refractivity contribution in [3.63, 3.8) is 0 Å². The predicted octanol–water partition coefficient (Wildman–Crippen LogP) is 4.14. The number of aromatic nitrogens is 1. The Balaban J connectivity index is 2.27. The Kier molecular flexibility index (Phi) is 3.11. The maximum atomic E-state index is 5.78. The molecule has 0 saturated heterocycles. The Hall–Kier alpha value is -1.54. The van der Waals surface area contributed by atoms with Crippen molar-refractivity contribution in [2.75, 3.05) is 0 Å². The number of rotatable bonds is 2. The van der Waals surface area contributed by atoms with Crippen LogP contribution >= 0.6 is 11.6 Å². The fourth-order valence-electron chi connectivity index (χ4n) is 1.47. The lowest BCUT2D eigenvalue weighted by atomic mass is 10.1. The second kappa shape index (κ2) is 4.54. The van der Waals surface area contributed by atoms with Gasteiger partial charge in [-0.3, -0.25) is 0 Å². The van der Waals surface area contributed by atoms with Gasteiger partial charge in [0.1, 0.15) is 10.9 Å². The topological polar surface area (TPSA) is 22.1 Å². The summed E-state index contributed by atoms with van der Waals surface area (Å²) in [6.07, 6.45) is 0. The van der Waals surface area contributed by atoms with E-state index in [0.29, 0.717) is 11.0 Å². The van der Waals surface area contributed by atoms with Crippen LogP contribution in [-0.2, 0) is 0 Å². The molecular formula is C13H12ClNO. The van der Waals surface area contributed by atoms with E-state index in [1.54, 1.807) is 12.1 Å². The van der Waals surface area contributed by atoms with Gasteiger partial charge in [0.15, 0.2) is 0 Å². The molecule has 0 fully saturated rings. The normalized spacial score (nSPS) is 10.2. The van der Waals surface area contributed by atoms with E-state index in [-0.39, 0.29) is 0 Å². The van der Waals surface area contributed by atoms with Crippen LogP contribution in [0.1, 0.15) is 11.1 Å². The minimum absolute atomic E-state index is 0.433. The Morgan fingerprint density at radius 1 is 1.12 bits per heavy atom. The van der Waals surface area contributed by atoms with Crippen LogP contribution in [0.15, 0.2) is 36.4 Å². The number of aryl methyl sites for hydroxylation is 2. The lowest BCUT2D eigenvalue weighted by Gasteiger charge is -2.08. The molecule has 0 N–H and O–H groups in total. The smallest absolute Gasteiger partial charge is 0.220 e. The number of hydrogen-bond acceptors (Lipinski definition) is 2. The maximum Gasteiger partial charge on any atom is 0.220 e. The number of halogens is 1. The highest BCUT2D eigenvalue weighted by Crippen LogP contribution is 2.24. The monoisotopic (exact) mass is 233 g/mol. The molecule has 2 nitrogen and oxygen atoms in total. The molecule has 0 bridgehead atoms. The van der Waals surface area contributed by atoms with Crippen LogP contribution in [-0.4, -0.2) is 4.98 Å². The molecule has 1 aromatic carbocycles. The predicted molar refractivity (Wildman–Crippen MR) is 65.2 cm³/mol. The van der Waals surface area contributed by atoms with Crippen LogP contribution in [0.2, 0.25) is 5.15 Å². The molecule has 0 spiro atoms. The lowest BCUT2D eigenvalue weighted by molar-refractivity contribution is 0.459. The summed E-state index contributed by atoms with van der Waals surface area (Å²) in [6.45, 7) is 4.06. The molecule has 2 aromatic rings. The summed E-state index contributed by atoms with van der Waals surface area (Å²) in [4.78, 5) is 4.08. The quantitative estimate of drug-likeness (QED) is 0.728. The van der Waals surface area contributed by atoms with Gasteiger partial charge in [0, 0.05) is 6.07 Å². The summed E-state index contributed by atoms with van der Waals surface area (Å²) in [5.41, 5.74) is 2.30. The van der Waals surface area contributed by atoms with Crippen molar-refractivity contribution in [2.24, 2.45) is 0 Å². The molecule has 0 atom stereocenters. The number of benzene rings is 1. The van der Waals surface area contributed by atoms with Gasteiger partial charge in [0.2, 0.25) is 5.88 Å². The zero-order valence-corrected chi connectivity index (χ0v) is 9.95. The maximum absolute atomic E-state index is 5.78. The first-order chi connectivity index (χ1) is 7.65. The molecule has 0 aliphatic carbocycles. The third-order valence-corrected chi connectivity index (χ3v) is 2.45. The average molecular weight is 234 g/mol. The van der Waals surface area contributed by atoms with E-state index in [1.165, 1.54) is 5.56 Å². The molecule has 3 heteroatoms. The minimum Gasteiger partial charge on any atom is -0.439 e. The van der Waals surface area contributed by atoms with Gasteiger partial charge < -0.3 is 4.74 Å². The van der Waals surface area contributed by atoms with Crippen LogP contribution in [0.5, 0.6) is 11.6 Å². The number of ether oxygens (including phenoxy) is 1. The zero-order chi connectivity index (χ0) is 11.5. The molecule has 82 valence electrons. The zero-order valence-electron chi connectivity index (χ0n) is 9.20. The van der Waals surface area contributed by atoms with Crippen LogP contribution in [0, 0.1) is 13.8 Å². The summed E-state index contributed by atoms with van der Waals surface area (Å²) < 4.78 is 5.65. The van der Waals surface area contributed by atoms with Crippen molar-refractivity contribution in [1.29, 1.82) is 0 Å². The lowest BCUT2D eigenvalue weighted by Crippen LogP contribution is -1.90. The standard InChI is InChI=1S/C13H12ClNO/c1-9-6-7-11(10(2)8-9)16-13-5-3-4-12(14)15-13/h3-8H,1-2H3. The van der Waals surface area contributed by atoms with Crippen molar-refractivity contribution in [3.8, 4) is 11.6 Å². The van der Waals surface area contributed by atoms with Gasteiger partial charge in [-0.2, -0.15) is 0 Å². The Labute approximate surface area is 99.9 Å². The van der Waals surface area contributed by atoms with E-state index in [2.05, 4.69) is 18.0 Å². The highest BCUT2D eigenvalue weighted by Gasteiger charge is 2.02. The number of pyridine rings is 1. The first kappa shape index (κ1) is 11.0. The molecule has 2 rings (SSSR count). The first-order valence-corrected chi connectivity index (χ1v) is 5.40. The van der Waals surface area contributed by atoms with E-state index in [1.807, 2.05) is 25.1 Å². The average Bonchev–Trinajstić information content (AvgIpc) is 2.22. The highest BCUT2D eigenvalue weighted by atomic mass is 35.5. The molecular weight excluding hydrogens is 222 g/mol. The van der Waals surface area contributed by atoms with Gasteiger partial charge in [-0.25, -0.2) is 4.98 Å². The van der Waals surface area contributed by atoms with Crippen LogP contribution in [0.3, 0.4) is 0 Å². The van der Waals surface area contributed by atoms with E-state index in [0.717, 1.165) is 11.3 Å². The minimum atomic E-state index is 0.433. The van der Waals surface area contributed by atoms with Crippen molar-refractivity contribution in [1.82, 2.24) is 4.98 Å².